The number of aromatic nitrogens is 1. The summed E-state index contributed by atoms with van der Waals surface area (Å²) in [5.41, 5.74) is 1.28. The number of carbonyl (C=O) groups excluding carboxylic acids is 1. The van der Waals surface area contributed by atoms with E-state index in [4.69, 9.17) is 0 Å². The van der Waals surface area contributed by atoms with Gasteiger partial charge in [-0.2, -0.15) is 0 Å². The molecule has 84 valence electrons. The van der Waals surface area contributed by atoms with Gasteiger partial charge in [-0.25, -0.2) is 4.79 Å². The number of benzene rings is 1. The van der Waals surface area contributed by atoms with E-state index in [1.54, 1.807) is 6.07 Å². The van der Waals surface area contributed by atoms with E-state index in [1.165, 1.54) is 7.11 Å². The maximum absolute atomic E-state index is 11.2. The van der Waals surface area contributed by atoms with Crippen LogP contribution in [0.3, 0.4) is 0 Å². The van der Waals surface area contributed by atoms with Gasteiger partial charge < -0.3 is 14.8 Å². The molecule has 0 aliphatic rings. The number of H-pyrrole nitrogens is 1. The average molecular weight is 284 g/mol. The van der Waals surface area contributed by atoms with Gasteiger partial charge in [0.2, 0.25) is 0 Å². The number of rotatable bonds is 2. The lowest BCUT2D eigenvalue weighted by atomic mass is 10.2. The molecule has 16 heavy (non-hydrogen) atoms. The van der Waals surface area contributed by atoms with Crippen LogP contribution in [0.4, 0.5) is 0 Å². The van der Waals surface area contributed by atoms with E-state index < -0.39 is 12.1 Å². The number of aliphatic hydroxyl groups excluding tert-OH is 1. The van der Waals surface area contributed by atoms with Gasteiger partial charge in [-0.1, -0.05) is 22.0 Å². The third-order valence-corrected chi connectivity index (χ3v) is 3.04. The van der Waals surface area contributed by atoms with E-state index in [0.717, 1.165) is 15.4 Å². The molecule has 1 aromatic heterocycles. The van der Waals surface area contributed by atoms with Crippen molar-refractivity contribution in [2.45, 2.75) is 6.10 Å². The fourth-order valence-electron chi connectivity index (χ4n) is 1.53. The van der Waals surface area contributed by atoms with Crippen molar-refractivity contribution in [3.63, 3.8) is 0 Å². The number of nitrogens with one attached hydrogen (secondary N) is 1. The Hall–Kier alpha value is -1.33. The van der Waals surface area contributed by atoms with Crippen molar-refractivity contribution in [3.05, 3.63) is 34.4 Å². The Morgan fingerprint density at radius 2 is 2.31 bits per heavy atom. The predicted molar refractivity (Wildman–Crippen MR) is 63.0 cm³/mol. The first-order chi connectivity index (χ1) is 7.63. The number of hydrogen-bond acceptors (Lipinski definition) is 3. The fourth-order valence-corrected chi connectivity index (χ4v) is 2.01. The predicted octanol–water partition coefficient (Wildman–Crippen LogP) is 2.14. The quantitative estimate of drug-likeness (QED) is 0.830. The molecule has 0 fully saturated rings. The number of aromatic amines is 1. The smallest absolute Gasteiger partial charge is 0.340 e. The molecular formula is C11H10BrNO3. The zero-order valence-electron chi connectivity index (χ0n) is 8.53. The summed E-state index contributed by atoms with van der Waals surface area (Å²) in [5, 5.41) is 10.6. The van der Waals surface area contributed by atoms with Gasteiger partial charge in [0.05, 0.1) is 12.8 Å². The van der Waals surface area contributed by atoms with E-state index in [1.807, 2.05) is 18.2 Å². The summed E-state index contributed by atoms with van der Waals surface area (Å²) in [6.45, 7) is 0. The van der Waals surface area contributed by atoms with Gasteiger partial charge in [0, 0.05) is 15.4 Å². The number of fused-ring (bicyclic) bond motifs is 1. The van der Waals surface area contributed by atoms with Crippen LogP contribution >= 0.6 is 15.9 Å². The number of esters is 1. The van der Waals surface area contributed by atoms with Crippen LogP contribution in [0.5, 0.6) is 0 Å². The maximum Gasteiger partial charge on any atom is 0.340 e. The third kappa shape index (κ3) is 1.83. The summed E-state index contributed by atoms with van der Waals surface area (Å²) in [7, 11) is 1.24. The Labute approximate surface area is 100 Å². The SMILES string of the molecule is COC(=O)C(O)c1cc2c(Br)cccc2[nH]1. The van der Waals surface area contributed by atoms with Crippen LogP contribution in [0.2, 0.25) is 0 Å². The molecule has 0 saturated carbocycles. The largest absolute Gasteiger partial charge is 0.467 e. The van der Waals surface area contributed by atoms with Gasteiger partial charge in [-0.05, 0) is 18.2 Å². The molecule has 2 aromatic rings. The highest BCUT2D eigenvalue weighted by atomic mass is 79.9. The molecule has 1 aromatic carbocycles. The summed E-state index contributed by atoms with van der Waals surface area (Å²) in [4.78, 5) is 14.1. The molecule has 0 spiro atoms. The summed E-state index contributed by atoms with van der Waals surface area (Å²) in [5.74, 6) is -0.678. The van der Waals surface area contributed by atoms with Crippen LogP contribution in [-0.4, -0.2) is 23.2 Å². The monoisotopic (exact) mass is 283 g/mol. The van der Waals surface area contributed by atoms with Crippen LogP contribution in [0.25, 0.3) is 10.9 Å². The highest BCUT2D eigenvalue weighted by Crippen LogP contribution is 2.27. The minimum Gasteiger partial charge on any atom is -0.467 e. The molecule has 1 unspecified atom stereocenters. The van der Waals surface area contributed by atoms with E-state index in [2.05, 4.69) is 25.7 Å². The lowest BCUT2D eigenvalue weighted by Gasteiger charge is -2.04. The molecule has 1 heterocycles. The maximum atomic E-state index is 11.2. The van der Waals surface area contributed by atoms with E-state index >= 15 is 0 Å². The second-order valence-electron chi connectivity index (χ2n) is 3.35. The molecule has 4 nitrogen and oxygen atoms in total. The number of aliphatic hydroxyl groups is 1. The van der Waals surface area contributed by atoms with E-state index in [-0.39, 0.29) is 0 Å². The molecule has 2 N–H and O–H groups in total. The van der Waals surface area contributed by atoms with Crippen molar-refractivity contribution in [1.29, 1.82) is 0 Å². The molecule has 0 amide bonds. The second-order valence-corrected chi connectivity index (χ2v) is 4.21. The van der Waals surface area contributed by atoms with Gasteiger partial charge in [-0.15, -0.1) is 0 Å². The molecule has 0 aliphatic heterocycles. The molecule has 0 saturated heterocycles. The molecule has 5 heteroatoms. The summed E-state index contributed by atoms with van der Waals surface area (Å²) in [6.07, 6.45) is -1.27. The first-order valence-corrected chi connectivity index (χ1v) is 5.46. The van der Waals surface area contributed by atoms with Crippen molar-refractivity contribution in [1.82, 2.24) is 4.98 Å². The van der Waals surface area contributed by atoms with Crippen molar-refractivity contribution < 1.29 is 14.6 Å². The molecule has 2 rings (SSSR count). The Balaban J connectivity index is 2.47. The summed E-state index contributed by atoms with van der Waals surface area (Å²) < 4.78 is 5.38. The number of carbonyl (C=O) groups is 1. The third-order valence-electron chi connectivity index (χ3n) is 2.35. The van der Waals surface area contributed by atoms with Crippen molar-refractivity contribution in [2.24, 2.45) is 0 Å². The lowest BCUT2D eigenvalue weighted by Crippen LogP contribution is -2.13. The number of hydrogen-bond donors (Lipinski definition) is 2. The van der Waals surface area contributed by atoms with Crippen LogP contribution in [0.1, 0.15) is 11.8 Å². The number of ether oxygens (including phenoxy) is 1. The molecule has 1 atom stereocenters. The first-order valence-electron chi connectivity index (χ1n) is 4.66. The van der Waals surface area contributed by atoms with Crippen molar-refractivity contribution >= 4 is 32.8 Å². The van der Waals surface area contributed by atoms with Gasteiger partial charge in [0.15, 0.2) is 6.10 Å². The molecule has 0 radical (unpaired) electrons. The fraction of sp³-hybridized carbons (Fsp3) is 0.182. The normalized spacial score (nSPS) is 12.7. The minimum absolute atomic E-state index is 0.425. The minimum atomic E-state index is -1.27. The van der Waals surface area contributed by atoms with Gasteiger partial charge in [-0.3, -0.25) is 0 Å². The van der Waals surface area contributed by atoms with Crippen molar-refractivity contribution in [3.8, 4) is 0 Å². The van der Waals surface area contributed by atoms with Gasteiger partial charge >= 0.3 is 5.97 Å². The van der Waals surface area contributed by atoms with Gasteiger partial charge in [0.25, 0.3) is 0 Å². The highest BCUT2D eigenvalue weighted by Gasteiger charge is 2.20. The molecule has 0 bridgehead atoms. The van der Waals surface area contributed by atoms with Crippen LogP contribution in [0, 0.1) is 0 Å². The standard InChI is InChI=1S/C11H10BrNO3/c1-16-11(15)10(14)9-5-6-7(12)3-2-4-8(6)13-9/h2-5,10,13-14H,1H3. The van der Waals surface area contributed by atoms with Crippen LogP contribution < -0.4 is 0 Å². The number of halogens is 1. The van der Waals surface area contributed by atoms with Gasteiger partial charge in [0.1, 0.15) is 0 Å². The zero-order chi connectivity index (χ0) is 11.7. The molecular weight excluding hydrogens is 274 g/mol. The lowest BCUT2D eigenvalue weighted by molar-refractivity contribution is -0.150. The van der Waals surface area contributed by atoms with Crippen molar-refractivity contribution in [2.75, 3.05) is 7.11 Å². The highest BCUT2D eigenvalue weighted by molar-refractivity contribution is 9.10. The Bertz CT molecular complexity index is 535. The topological polar surface area (TPSA) is 62.3 Å². The Kier molecular flexibility index (Phi) is 2.98. The first kappa shape index (κ1) is 11.2. The Morgan fingerprint density at radius 3 is 2.94 bits per heavy atom. The Morgan fingerprint density at radius 1 is 1.56 bits per heavy atom. The summed E-state index contributed by atoms with van der Waals surface area (Å²) >= 11 is 3.40. The second kappa shape index (κ2) is 4.27. The van der Waals surface area contributed by atoms with Crippen LogP contribution in [-0.2, 0) is 9.53 Å². The average Bonchev–Trinajstić information content (AvgIpc) is 2.72. The van der Waals surface area contributed by atoms with Crippen LogP contribution in [0.15, 0.2) is 28.7 Å². The molecule has 0 aliphatic carbocycles. The van der Waals surface area contributed by atoms with E-state index in [0.29, 0.717) is 5.69 Å². The summed E-state index contributed by atoms with van der Waals surface area (Å²) in [6, 6.07) is 7.36. The zero-order valence-corrected chi connectivity index (χ0v) is 10.1. The number of methoxy groups -OCH3 is 1. The van der Waals surface area contributed by atoms with E-state index in [9.17, 15) is 9.90 Å².